The van der Waals surface area contributed by atoms with Crippen LogP contribution in [0.5, 0.6) is 0 Å². The molecule has 0 spiro atoms. The number of nitrogen functional groups attached to an aromatic ring is 1. The van der Waals surface area contributed by atoms with Gasteiger partial charge in [0.1, 0.15) is 0 Å². The molecule has 0 saturated carbocycles. The van der Waals surface area contributed by atoms with Crippen molar-refractivity contribution in [3.63, 3.8) is 0 Å². The van der Waals surface area contributed by atoms with E-state index in [1.165, 1.54) is 6.08 Å². The molecule has 11 heteroatoms. The number of hydrogen-bond donors (Lipinski definition) is 2. The van der Waals surface area contributed by atoms with Crippen LogP contribution in [0.2, 0.25) is 10.0 Å². The van der Waals surface area contributed by atoms with Gasteiger partial charge in [0.15, 0.2) is 0 Å². The van der Waals surface area contributed by atoms with Crippen molar-refractivity contribution in [1.29, 1.82) is 0 Å². The molecule has 9 nitrogen and oxygen atoms in total. The van der Waals surface area contributed by atoms with E-state index >= 15 is 0 Å². The highest BCUT2D eigenvalue weighted by molar-refractivity contribution is 6.35. The second-order valence-electron chi connectivity index (χ2n) is 6.10. The Morgan fingerprint density at radius 2 is 1.76 bits per heavy atom. The van der Waals surface area contributed by atoms with Gasteiger partial charge in [-0.2, -0.15) is 0 Å². The second-order valence-corrected chi connectivity index (χ2v) is 6.91. The smallest absolute Gasteiger partial charge is 0.285 e. The van der Waals surface area contributed by atoms with Crippen molar-refractivity contribution in [2.24, 2.45) is 0 Å². The van der Waals surface area contributed by atoms with E-state index in [4.69, 9.17) is 28.9 Å². The van der Waals surface area contributed by atoms with E-state index in [-0.39, 0.29) is 10.6 Å². The fourth-order valence-electron chi connectivity index (χ4n) is 2.38. The molecule has 0 aliphatic rings. The molecular formula is C18H17Cl2N5O4. The monoisotopic (exact) mass is 437 g/mol. The first kappa shape index (κ1) is 22.0. The zero-order chi connectivity index (χ0) is 21.7. The van der Waals surface area contributed by atoms with E-state index in [1.807, 2.05) is 18.3 Å². The molecule has 0 amide bonds. The lowest BCUT2D eigenvalue weighted by molar-refractivity contribution is -0.394. The summed E-state index contributed by atoms with van der Waals surface area (Å²) in [5.74, 6) is 0. The summed E-state index contributed by atoms with van der Waals surface area (Å²) in [4.78, 5) is 24.8. The van der Waals surface area contributed by atoms with Gasteiger partial charge in [-0.25, -0.2) is 0 Å². The molecule has 3 rings (SSSR count). The van der Waals surface area contributed by atoms with Gasteiger partial charge in [-0.05, 0) is 30.5 Å². The van der Waals surface area contributed by atoms with E-state index in [0.29, 0.717) is 10.7 Å². The maximum atomic E-state index is 10.9. The van der Waals surface area contributed by atoms with Crippen molar-refractivity contribution in [2.75, 3.05) is 19.8 Å². The standard InChI is InChI=1S/C10H10ClN3O4.C8H7ClN2/c1-12(2)4-3-8-9(11)5-7(13(15)16)6-10(8)14(17)18;9-7-3-5(10)4-8-6(7)1-2-11-8/h3-6H,1-2H3;1-4,11H,10H2/b4-3+;. The molecule has 0 saturated heterocycles. The van der Waals surface area contributed by atoms with Crippen LogP contribution in [0.4, 0.5) is 17.1 Å². The highest BCUT2D eigenvalue weighted by Gasteiger charge is 2.21. The number of nitrogens with two attached hydrogens (primary N) is 1. The molecular weight excluding hydrogens is 421 g/mol. The SMILES string of the molecule is CN(C)/C=C/c1c(Cl)cc([N+](=O)[O-])cc1[N+](=O)[O-].Nc1cc(Cl)c2cc[nH]c2c1. The van der Waals surface area contributed by atoms with Gasteiger partial charge in [-0.15, -0.1) is 0 Å². The van der Waals surface area contributed by atoms with Gasteiger partial charge in [-0.3, -0.25) is 20.2 Å². The molecule has 0 atom stereocenters. The Balaban J connectivity index is 0.000000230. The third-order valence-electron chi connectivity index (χ3n) is 3.68. The minimum atomic E-state index is -0.724. The molecule has 0 aliphatic carbocycles. The Morgan fingerprint density at radius 1 is 1.07 bits per heavy atom. The number of nitro groups is 2. The Kier molecular flexibility index (Phi) is 7.03. The van der Waals surface area contributed by atoms with Crippen LogP contribution in [0.25, 0.3) is 17.0 Å². The molecule has 29 heavy (non-hydrogen) atoms. The number of benzene rings is 2. The fourth-order valence-corrected chi connectivity index (χ4v) is 2.94. The fraction of sp³-hybridized carbons (Fsp3) is 0.111. The van der Waals surface area contributed by atoms with E-state index in [0.717, 1.165) is 23.0 Å². The highest BCUT2D eigenvalue weighted by Crippen LogP contribution is 2.32. The molecule has 1 heterocycles. The number of non-ortho nitro benzene ring substituents is 1. The number of hydrogen-bond acceptors (Lipinski definition) is 6. The van der Waals surface area contributed by atoms with Crippen LogP contribution in [0.1, 0.15) is 5.56 Å². The molecule has 0 fully saturated rings. The zero-order valence-corrected chi connectivity index (χ0v) is 16.9. The summed E-state index contributed by atoms with van der Waals surface area (Å²) in [5, 5.41) is 23.2. The Morgan fingerprint density at radius 3 is 2.34 bits per heavy atom. The van der Waals surface area contributed by atoms with Gasteiger partial charge in [0.2, 0.25) is 0 Å². The van der Waals surface area contributed by atoms with Gasteiger partial charge in [0.25, 0.3) is 11.4 Å². The van der Waals surface area contributed by atoms with Gasteiger partial charge >= 0.3 is 0 Å². The number of nitrogens with zero attached hydrogens (tertiary/aromatic N) is 3. The largest absolute Gasteiger partial charge is 0.399 e. The number of aromatic nitrogens is 1. The van der Waals surface area contributed by atoms with Crippen molar-refractivity contribution in [3.8, 4) is 0 Å². The second kappa shape index (κ2) is 9.26. The van der Waals surface area contributed by atoms with Crippen LogP contribution >= 0.6 is 23.2 Å². The maximum Gasteiger partial charge on any atom is 0.285 e. The van der Waals surface area contributed by atoms with E-state index in [1.54, 1.807) is 31.3 Å². The van der Waals surface area contributed by atoms with Crippen LogP contribution in [0, 0.1) is 20.2 Å². The van der Waals surface area contributed by atoms with Gasteiger partial charge in [0.05, 0.1) is 31.5 Å². The number of anilines is 1. The van der Waals surface area contributed by atoms with Gasteiger partial charge < -0.3 is 15.6 Å². The van der Waals surface area contributed by atoms with Crippen LogP contribution in [-0.4, -0.2) is 33.8 Å². The molecule has 2 aromatic carbocycles. The summed E-state index contributed by atoms with van der Waals surface area (Å²) in [6.45, 7) is 0. The van der Waals surface area contributed by atoms with E-state index in [9.17, 15) is 20.2 Å². The topological polar surface area (TPSA) is 131 Å². The normalized spacial score (nSPS) is 10.6. The number of nitro benzene ring substituents is 2. The van der Waals surface area contributed by atoms with Crippen molar-refractivity contribution in [2.45, 2.75) is 0 Å². The average molecular weight is 438 g/mol. The summed E-state index contributed by atoms with van der Waals surface area (Å²) in [6.07, 6.45) is 4.85. The van der Waals surface area contributed by atoms with Crippen molar-refractivity contribution < 1.29 is 9.85 Å². The molecule has 1 aromatic heterocycles. The van der Waals surface area contributed by atoms with Crippen LogP contribution in [0.3, 0.4) is 0 Å². The Bertz CT molecular complexity index is 1100. The predicted molar refractivity (Wildman–Crippen MR) is 115 cm³/mol. The molecule has 3 aromatic rings. The number of H-pyrrole nitrogens is 1. The first-order chi connectivity index (χ1) is 13.6. The Labute approximate surface area is 175 Å². The average Bonchev–Trinajstić information content (AvgIpc) is 3.09. The minimum Gasteiger partial charge on any atom is -0.399 e. The van der Waals surface area contributed by atoms with Crippen LogP contribution < -0.4 is 5.73 Å². The highest BCUT2D eigenvalue weighted by atomic mass is 35.5. The maximum absolute atomic E-state index is 10.9. The molecule has 3 N–H and O–H groups in total. The molecule has 0 bridgehead atoms. The summed E-state index contributed by atoms with van der Waals surface area (Å²) in [6, 6.07) is 7.52. The number of halogens is 2. The summed E-state index contributed by atoms with van der Waals surface area (Å²) >= 11 is 11.7. The molecule has 152 valence electrons. The number of nitrogens with one attached hydrogen (secondary N) is 1. The summed E-state index contributed by atoms with van der Waals surface area (Å²) in [7, 11) is 3.48. The van der Waals surface area contributed by atoms with Gasteiger partial charge in [-0.1, -0.05) is 23.2 Å². The quantitative estimate of drug-likeness (QED) is 0.331. The van der Waals surface area contributed by atoms with Crippen molar-refractivity contribution in [1.82, 2.24) is 9.88 Å². The van der Waals surface area contributed by atoms with E-state index < -0.39 is 21.2 Å². The third kappa shape index (κ3) is 5.59. The minimum absolute atomic E-state index is 0.0333. The summed E-state index contributed by atoms with van der Waals surface area (Å²) in [5.41, 5.74) is 6.58. The molecule has 0 aliphatic heterocycles. The first-order valence-corrected chi connectivity index (χ1v) is 8.84. The Hall–Kier alpha value is -3.30. The molecule has 0 radical (unpaired) electrons. The number of aromatic amines is 1. The third-order valence-corrected chi connectivity index (χ3v) is 4.31. The zero-order valence-electron chi connectivity index (χ0n) is 15.4. The van der Waals surface area contributed by atoms with Crippen LogP contribution in [-0.2, 0) is 0 Å². The van der Waals surface area contributed by atoms with Gasteiger partial charge in [0, 0.05) is 42.9 Å². The predicted octanol–water partition coefficient (Wildman–Crippen LogP) is 5.09. The lowest BCUT2D eigenvalue weighted by Gasteiger charge is -2.05. The molecule has 0 unspecified atom stereocenters. The van der Waals surface area contributed by atoms with E-state index in [2.05, 4.69) is 4.98 Å². The van der Waals surface area contributed by atoms with Crippen LogP contribution in [0.15, 0.2) is 42.7 Å². The number of fused-ring (bicyclic) bond motifs is 1. The summed E-state index contributed by atoms with van der Waals surface area (Å²) < 4.78 is 0. The number of rotatable bonds is 4. The lowest BCUT2D eigenvalue weighted by atomic mass is 10.1. The van der Waals surface area contributed by atoms with Crippen molar-refractivity contribution >= 4 is 57.2 Å². The lowest BCUT2D eigenvalue weighted by Crippen LogP contribution is -2.01. The van der Waals surface area contributed by atoms with Crippen molar-refractivity contribution in [3.05, 3.63) is 78.6 Å². The first-order valence-electron chi connectivity index (χ1n) is 8.09.